The number of nitrogens with zero attached hydrogens (tertiary/aromatic N) is 4. The largest absolute Gasteiger partial charge is 0.433 e. The molecule has 0 spiro atoms. The number of aromatic nitrogens is 4. The van der Waals surface area contributed by atoms with Crippen molar-refractivity contribution in [1.29, 1.82) is 0 Å². The number of hydrogen-bond donors (Lipinski definition) is 2. The molecule has 0 aliphatic rings. The maximum absolute atomic E-state index is 13.7. The Morgan fingerprint density at radius 1 is 0.769 bits per heavy atom. The number of pyridine rings is 2. The van der Waals surface area contributed by atoms with Gasteiger partial charge in [-0.15, -0.1) is 0 Å². The van der Waals surface area contributed by atoms with Gasteiger partial charge in [0.2, 0.25) is 0 Å². The third-order valence-corrected chi connectivity index (χ3v) is 5.61. The van der Waals surface area contributed by atoms with Gasteiger partial charge in [0, 0.05) is 34.8 Å². The lowest BCUT2D eigenvalue weighted by molar-refractivity contribution is -0.142. The summed E-state index contributed by atoms with van der Waals surface area (Å²) in [5.41, 5.74) is 0.689. The fourth-order valence-corrected chi connectivity index (χ4v) is 3.74. The molecular formula is C28H19F3N6O2. The van der Waals surface area contributed by atoms with Crippen molar-refractivity contribution >= 4 is 23.3 Å². The number of para-hydroxylation sites is 1. The minimum absolute atomic E-state index is 0.0510. The minimum atomic E-state index is -4.67. The van der Waals surface area contributed by atoms with Crippen LogP contribution in [-0.4, -0.2) is 31.6 Å². The number of hydrogen-bond acceptors (Lipinski definition) is 5. The van der Waals surface area contributed by atoms with Crippen LogP contribution in [0.3, 0.4) is 0 Å². The second-order valence-electron chi connectivity index (χ2n) is 8.32. The van der Waals surface area contributed by atoms with E-state index in [4.69, 9.17) is 0 Å². The van der Waals surface area contributed by atoms with Crippen molar-refractivity contribution in [2.24, 2.45) is 0 Å². The number of anilines is 2. The van der Waals surface area contributed by atoms with E-state index >= 15 is 0 Å². The highest BCUT2D eigenvalue weighted by Gasteiger charge is 2.36. The second-order valence-corrected chi connectivity index (χ2v) is 8.32. The normalized spacial score (nSPS) is 11.2. The van der Waals surface area contributed by atoms with Gasteiger partial charge in [-0.1, -0.05) is 24.3 Å². The summed E-state index contributed by atoms with van der Waals surface area (Å²) in [5, 5.41) is 9.44. The van der Waals surface area contributed by atoms with Crippen LogP contribution in [0.2, 0.25) is 0 Å². The van der Waals surface area contributed by atoms with Gasteiger partial charge < -0.3 is 10.6 Å². The van der Waals surface area contributed by atoms with E-state index < -0.39 is 17.8 Å². The lowest BCUT2D eigenvalue weighted by Gasteiger charge is -2.11. The summed E-state index contributed by atoms with van der Waals surface area (Å²) >= 11 is 0. The van der Waals surface area contributed by atoms with Gasteiger partial charge in [0.05, 0.1) is 17.6 Å². The molecule has 194 valence electrons. The molecular weight excluding hydrogens is 509 g/mol. The molecule has 11 heteroatoms. The van der Waals surface area contributed by atoms with Crippen LogP contribution >= 0.6 is 0 Å². The van der Waals surface area contributed by atoms with Gasteiger partial charge in [-0.25, -0.2) is 9.67 Å². The van der Waals surface area contributed by atoms with Crippen LogP contribution < -0.4 is 10.6 Å². The molecule has 0 aliphatic heterocycles. The first-order chi connectivity index (χ1) is 18.8. The number of carbonyl (C=O) groups excluding carboxylic acids is 2. The van der Waals surface area contributed by atoms with Crippen LogP contribution in [0.25, 0.3) is 16.9 Å². The molecule has 3 heterocycles. The SMILES string of the molecule is O=C(Nc1ccccc1)c1cccc(C(=O)Nc2ccc(-n3nc(-c4cccnc4)cc3C(F)(F)F)cn2)c1. The van der Waals surface area contributed by atoms with Crippen LogP contribution in [0, 0.1) is 0 Å². The fraction of sp³-hybridized carbons (Fsp3) is 0.0357. The Kier molecular flexibility index (Phi) is 6.87. The van der Waals surface area contributed by atoms with Crippen molar-refractivity contribution < 1.29 is 22.8 Å². The first-order valence-electron chi connectivity index (χ1n) is 11.6. The van der Waals surface area contributed by atoms with Crippen LogP contribution in [0.5, 0.6) is 0 Å². The van der Waals surface area contributed by atoms with E-state index in [1.165, 1.54) is 42.9 Å². The van der Waals surface area contributed by atoms with Gasteiger partial charge >= 0.3 is 6.18 Å². The topological polar surface area (TPSA) is 102 Å². The number of halogens is 3. The molecule has 0 radical (unpaired) electrons. The van der Waals surface area contributed by atoms with Crippen LogP contribution in [-0.2, 0) is 6.18 Å². The number of amides is 2. The van der Waals surface area contributed by atoms with E-state index in [1.807, 2.05) is 6.07 Å². The van der Waals surface area contributed by atoms with Crippen molar-refractivity contribution in [2.45, 2.75) is 6.18 Å². The summed E-state index contributed by atoms with van der Waals surface area (Å²) in [6.45, 7) is 0. The molecule has 0 saturated heterocycles. The van der Waals surface area contributed by atoms with Gasteiger partial charge in [0.1, 0.15) is 11.5 Å². The molecule has 39 heavy (non-hydrogen) atoms. The molecule has 0 bridgehead atoms. The Morgan fingerprint density at radius 2 is 1.51 bits per heavy atom. The molecule has 0 aliphatic carbocycles. The summed E-state index contributed by atoms with van der Waals surface area (Å²) in [6.07, 6.45) is -0.561. The maximum atomic E-state index is 13.7. The zero-order chi connectivity index (χ0) is 27.4. The van der Waals surface area contributed by atoms with Crippen molar-refractivity contribution in [3.8, 4) is 16.9 Å². The summed E-state index contributed by atoms with van der Waals surface area (Å²) < 4.78 is 41.9. The zero-order valence-corrected chi connectivity index (χ0v) is 20.1. The number of rotatable bonds is 6. The lowest BCUT2D eigenvalue weighted by Crippen LogP contribution is -2.16. The van der Waals surface area contributed by atoms with Crippen LogP contribution in [0.15, 0.2) is 104 Å². The molecule has 3 aromatic heterocycles. The Hall–Kier alpha value is -5.32. The summed E-state index contributed by atoms with van der Waals surface area (Å²) in [6, 6.07) is 21.9. The van der Waals surface area contributed by atoms with E-state index in [-0.39, 0.29) is 34.2 Å². The predicted molar refractivity (Wildman–Crippen MR) is 138 cm³/mol. The van der Waals surface area contributed by atoms with Gasteiger partial charge in [0.15, 0.2) is 0 Å². The predicted octanol–water partition coefficient (Wildman–Crippen LogP) is 5.85. The Balaban J connectivity index is 1.33. The fourth-order valence-electron chi connectivity index (χ4n) is 3.74. The van der Waals surface area contributed by atoms with Gasteiger partial charge in [0.25, 0.3) is 11.8 Å². The quantitative estimate of drug-likeness (QED) is 0.288. The van der Waals surface area contributed by atoms with Crippen molar-refractivity contribution in [3.63, 3.8) is 0 Å². The van der Waals surface area contributed by atoms with Crippen molar-refractivity contribution in [3.05, 3.63) is 120 Å². The van der Waals surface area contributed by atoms with Crippen LogP contribution in [0.4, 0.5) is 24.7 Å². The van der Waals surface area contributed by atoms with E-state index in [0.29, 0.717) is 11.3 Å². The first kappa shape index (κ1) is 25.3. The van der Waals surface area contributed by atoms with Crippen LogP contribution in [0.1, 0.15) is 26.4 Å². The highest BCUT2D eigenvalue weighted by atomic mass is 19.4. The van der Waals surface area contributed by atoms with Crippen molar-refractivity contribution in [2.75, 3.05) is 10.6 Å². The Labute approximate surface area is 220 Å². The summed E-state index contributed by atoms with van der Waals surface area (Å²) in [7, 11) is 0. The molecule has 0 atom stereocenters. The van der Waals surface area contributed by atoms with E-state index in [9.17, 15) is 22.8 Å². The van der Waals surface area contributed by atoms with E-state index in [1.54, 1.807) is 48.5 Å². The zero-order valence-electron chi connectivity index (χ0n) is 20.1. The highest BCUT2D eigenvalue weighted by molar-refractivity contribution is 6.08. The Bertz CT molecular complexity index is 1620. The molecule has 2 aromatic carbocycles. The summed E-state index contributed by atoms with van der Waals surface area (Å²) in [5.74, 6) is -0.821. The minimum Gasteiger partial charge on any atom is -0.322 e. The average Bonchev–Trinajstić information content (AvgIpc) is 3.41. The lowest BCUT2D eigenvalue weighted by atomic mass is 10.1. The van der Waals surface area contributed by atoms with Gasteiger partial charge in [-0.05, 0) is 60.7 Å². The van der Waals surface area contributed by atoms with E-state index in [0.717, 1.165) is 10.7 Å². The molecule has 5 aromatic rings. The molecule has 2 N–H and O–H groups in total. The van der Waals surface area contributed by atoms with Gasteiger partial charge in [-0.3, -0.25) is 14.6 Å². The second kappa shape index (κ2) is 10.6. The number of carbonyl (C=O) groups is 2. The van der Waals surface area contributed by atoms with Gasteiger partial charge in [-0.2, -0.15) is 18.3 Å². The first-order valence-corrected chi connectivity index (χ1v) is 11.6. The van der Waals surface area contributed by atoms with E-state index in [2.05, 4.69) is 25.7 Å². The number of nitrogens with one attached hydrogen (secondary N) is 2. The molecule has 5 rings (SSSR count). The molecule has 0 unspecified atom stereocenters. The standard InChI is InChI=1S/C28H19F3N6O2/c29-28(30,31)24-15-23(20-8-5-13-32-16-20)36-37(24)22-11-12-25(33-17-22)35-27(39)19-7-4-6-18(14-19)26(38)34-21-9-2-1-3-10-21/h1-17H,(H,34,38)(H,33,35,39). The molecule has 0 saturated carbocycles. The monoisotopic (exact) mass is 528 g/mol. The molecule has 2 amide bonds. The Morgan fingerprint density at radius 3 is 2.15 bits per heavy atom. The maximum Gasteiger partial charge on any atom is 0.433 e. The average molecular weight is 528 g/mol. The molecule has 8 nitrogen and oxygen atoms in total. The third kappa shape index (κ3) is 5.82. The highest BCUT2D eigenvalue weighted by Crippen LogP contribution is 2.34. The van der Waals surface area contributed by atoms with Crippen molar-refractivity contribution in [1.82, 2.24) is 19.7 Å². The number of alkyl halides is 3. The summed E-state index contributed by atoms with van der Waals surface area (Å²) in [4.78, 5) is 33.4. The smallest absolute Gasteiger partial charge is 0.322 e. The third-order valence-electron chi connectivity index (χ3n) is 5.61. The molecule has 0 fully saturated rings. The number of benzene rings is 2.